The number of anilines is 1. The highest BCUT2D eigenvalue weighted by molar-refractivity contribution is 5.85. The molecule has 2 aromatic rings. The summed E-state index contributed by atoms with van der Waals surface area (Å²) in [6.45, 7) is 3.11. The maximum absolute atomic E-state index is 5.31. The van der Waals surface area contributed by atoms with E-state index in [0.717, 1.165) is 12.3 Å². The molecule has 2 aromatic carbocycles. The maximum Gasteiger partial charge on any atom is 0.119 e. The molecular formula is C16H17NO. The Morgan fingerprint density at radius 2 is 1.94 bits per heavy atom. The van der Waals surface area contributed by atoms with Crippen LogP contribution in [0.5, 0.6) is 5.75 Å². The summed E-state index contributed by atoms with van der Waals surface area (Å²) in [6, 6.07) is 12.8. The molecule has 0 amide bonds. The van der Waals surface area contributed by atoms with Crippen LogP contribution in [0.2, 0.25) is 0 Å². The van der Waals surface area contributed by atoms with E-state index < -0.39 is 0 Å². The normalized spacial score (nSPS) is 12.9. The molecule has 0 unspecified atom stereocenters. The number of para-hydroxylation sites is 1. The molecule has 1 aliphatic rings. The monoisotopic (exact) mass is 239 g/mol. The Balaban J connectivity index is 2.24. The fourth-order valence-electron chi connectivity index (χ4n) is 2.81. The van der Waals surface area contributed by atoms with Crippen molar-refractivity contribution in [3.05, 3.63) is 47.5 Å². The zero-order chi connectivity index (χ0) is 12.7. The predicted molar refractivity (Wildman–Crippen MR) is 75.3 cm³/mol. The Bertz CT molecular complexity index is 604. The first-order valence-corrected chi connectivity index (χ1v) is 6.19. The van der Waals surface area contributed by atoms with Crippen molar-refractivity contribution in [1.82, 2.24) is 0 Å². The summed E-state index contributed by atoms with van der Waals surface area (Å²) in [5.41, 5.74) is 6.65. The third-order valence-corrected chi connectivity index (χ3v) is 3.63. The summed E-state index contributed by atoms with van der Waals surface area (Å²) in [5.74, 6) is 0.929. The lowest BCUT2D eigenvalue weighted by Crippen LogP contribution is -2.22. The van der Waals surface area contributed by atoms with Crippen LogP contribution in [0.15, 0.2) is 36.4 Å². The van der Waals surface area contributed by atoms with Crippen molar-refractivity contribution in [1.29, 1.82) is 0 Å². The van der Waals surface area contributed by atoms with Crippen molar-refractivity contribution >= 4 is 5.69 Å². The smallest absolute Gasteiger partial charge is 0.119 e. The Labute approximate surface area is 108 Å². The summed E-state index contributed by atoms with van der Waals surface area (Å²) in [4.78, 5) is 2.31. The molecule has 18 heavy (non-hydrogen) atoms. The summed E-state index contributed by atoms with van der Waals surface area (Å²) in [5, 5.41) is 0. The van der Waals surface area contributed by atoms with Crippen molar-refractivity contribution in [3.63, 3.8) is 0 Å². The van der Waals surface area contributed by atoms with Gasteiger partial charge in [0.2, 0.25) is 0 Å². The van der Waals surface area contributed by atoms with Crippen LogP contribution >= 0.6 is 0 Å². The van der Waals surface area contributed by atoms with Gasteiger partial charge in [0.25, 0.3) is 0 Å². The van der Waals surface area contributed by atoms with E-state index in [2.05, 4.69) is 49.2 Å². The Morgan fingerprint density at radius 1 is 1.11 bits per heavy atom. The van der Waals surface area contributed by atoms with Crippen molar-refractivity contribution in [2.75, 3.05) is 19.1 Å². The first kappa shape index (κ1) is 11.1. The van der Waals surface area contributed by atoms with Gasteiger partial charge in [0.05, 0.1) is 7.11 Å². The van der Waals surface area contributed by atoms with Gasteiger partial charge in [-0.15, -0.1) is 0 Å². The molecule has 2 heteroatoms. The van der Waals surface area contributed by atoms with Gasteiger partial charge in [0.15, 0.2) is 0 Å². The molecule has 1 aliphatic heterocycles. The lowest BCUT2D eigenvalue weighted by atomic mass is 9.91. The minimum Gasteiger partial charge on any atom is -0.497 e. The predicted octanol–water partition coefficient (Wildman–Crippen LogP) is 3.62. The average molecular weight is 239 g/mol. The topological polar surface area (TPSA) is 12.5 Å². The summed E-state index contributed by atoms with van der Waals surface area (Å²) in [6.07, 6.45) is 0. The molecule has 0 bridgehead atoms. The second-order valence-corrected chi connectivity index (χ2v) is 4.85. The number of aryl methyl sites for hydroxylation is 1. The molecule has 3 rings (SSSR count). The summed E-state index contributed by atoms with van der Waals surface area (Å²) >= 11 is 0. The average Bonchev–Trinajstić information content (AvgIpc) is 2.38. The van der Waals surface area contributed by atoms with Crippen molar-refractivity contribution in [3.8, 4) is 16.9 Å². The number of fused-ring (bicyclic) bond motifs is 3. The van der Waals surface area contributed by atoms with E-state index >= 15 is 0 Å². The van der Waals surface area contributed by atoms with Crippen LogP contribution < -0.4 is 9.64 Å². The standard InChI is InChI=1S/C16H17NO/c1-11-5-4-6-15-14-8-7-13(18-3)9-12(14)10-17(2)16(11)15/h4-9H,10H2,1-3H3. The molecular weight excluding hydrogens is 222 g/mol. The Kier molecular flexibility index (Phi) is 2.51. The van der Waals surface area contributed by atoms with Gasteiger partial charge in [0.1, 0.15) is 5.75 Å². The number of hydrogen-bond donors (Lipinski definition) is 0. The quantitative estimate of drug-likeness (QED) is 0.753. The molecule has 0 radical (unpaired) electrons. The van der Waals surface area contributed by atoms with E-state index in [4.69, 9.17) is 4.74 Å². The number of hydrogen-bond acceptors (Lipinski definition) is 2. The third-order valence-electron chi connectivity index (χ3n) is 3.63. The third kappa shape index (κ3) is 1.57. The van der Waals surface area contributed by atoms with Gasteiger partial charge in [-0.25, -0.2) is 0 Å². The second-order valence-electron chi connectivity index (χ2n) is 4.85. The lowest BCUT2D eigenvalue weighted by molar-refractivity contribution is 0.414. The van der Waals surface area contributed by atoms with Crippen LogP contribution in [0.25, 0.3) is 11.1 Å². The molecule has 1 heterocycles. The first-order chi connectivity index (χ1) is 8.70. The van der Waals surface area contributed by atoms with Crippen molar-refractivity contribution < 1.29 is 4.74 Å². The van der Waals surface area contributed by atoms with Crippen molar-refractivity contribution in [2.45, 2.75) is 13.5 Å². The molecule has 0 aromatic heterocycles. The van der Waals surface area contributed by atoms with Crippen LogP contribution in [0, 0.1) is 6.92 Å². The van der Waals surface area contributed by atoms with Gasteiger partial charge < -0.3 is 9.64 Å². The van der Waals surface area contributed by atoms with E-state index in [-0.39, 0.29) is 0 Å². The molecule has 0 saturated heterocycles. The number of rotatable bonds is 1. The molecule has 0 atom stereocenters. The van der Waals surface area contributed by atoms with Crippen LogP contribution in [-0.2, 0) is 6.54 Å². The van der Waals surface area contributed by atoms with Gasteiger partial charge in [-0.3, -0.25) is 0 Å². The summed E-state index contributed by atoms with van der Waals surface area (Å²) in [7, 11) is 3.86. The van der Waals surface area contributed by atoms with E-state index in [9.17, 15) is 0 Å². The van der Waals surface area contributed by atoms with Gasteiger partial charge in [-0.2, -0.15) is 0 Å². The zero-order valence-electron chi connectivity index (χ0n) is 11.0. The summed E-state index contributed by atoms with van der Waals surface area (Å²) < 4.78 is 5.31. The number of nitrogens with zero attached hydrogens (tertiary/aromatic N) is 1. The Hall–Kier alpha value is -1.96. The number of ether oxygens (including phenoxy) is 1. The maximum atomic E-state index is 5.31. The molecule has 0 fully saturated rings. The SMILES string of the molecule is COc1ccc2c(c1)CN(C)c1c(C)cccc1-2. The molecule has 0 spiro atoms. The van der Waals surface area contributed by atoms with Crippen LogP contribution in [-0.4, -0.2) is 14.2 Å². The highest BCUT2D eigenvalue weighted by Gasteiger charge is 2.21. The number of methoxy groups -OCH3 is 1. The molecule has 92 valence electrons. The molecule has 0 aliphatic carbocycles. The highest BCUT2D eigenvalue weighted by Crippen LogP contribution is 2.41. The van der Waals surface area contributed by atoms with Gasteiger partial charge in [0, 0.05) is 24.8 Å². The minimum atomic E-state index is 0.929. The highest BCUT2D eigenvalue weighted by atomic mass is 16.5. The van der Waals surface area contributed by atoms with E-state index in [0.29, 0.717) is 0 Å². The minimum absolute atomic E-state index is 0.929. The van der Waals surface area contributed by atoms with Crippen LogP contribution in [0.4, 0.5) is 5.69 Å². The molecule has 2 nitrogen and oxygen atoms in total. The molecule has 0 N–H and O–H groups in total. The van der Waals surface area contributed by atoms with Crippen LogP contribution in [0.3, 0.4) is 0 Å². The van der Waals surface area contributed by atoms with E-state index in [1.165, 1.54) is 27.9 Å². The van der Waals surface area contributed by atoms with Crippen molar-refractivity contribution in [2.24, 2.45) is 0 Å². The van der Waals surface area contributed by atoms with Gasteiger partial charge in [-0.05, 0) is 35.7 Å². The Morgan fingerprint density at radius 3 is 2.72 bits per heavy atom. The van der Waals surface area contributed by atoms with Crippen LogP contribution in [0.1, 0.15) is 11.1 Å². The number of benzene rings is 2. The van der Waals surface area contributed by atoms with E-state index in [1.54, 1.807) is 7.11 Å². The fourth-order valence-corrected chi connectivity index (χ4v) is 2.81. The largest absolute Gasteiger partial charge is 0.497 e. The zero-order valence-corrected chi connectivity index (χ0v) is 11.0. The van der Waals surface area contributed by atoms with Gasteiger partial charge >= 0.3 is 0 Å². The van der Waals surface area contributed by atoms with Gasteiger partial charge in [-0.1, -0.05) is 24.3 Å². The fraction of sp³-hybridized carbons (Fsp3) is 0.250. The molecule has 0 saturated carbocycles. The van der Waals surface area contributed by atoms with E-state index in [1.807, 2.05) is 6.07 Å². The first-order valence-electron chi connectivity index (χ1n) is 6.19. The lowest BCUT2D eigenvalue weighted by Gasteiger charge is -2.31. The second kappa shape index (κ2) is 4.05.